The summed E-state index contributed by atoms with van der Waals surface area (Å²) in [7, 11) is 3.90. The van der Waals surface area contributed by atoms with Crippen molar-refractivity contribution in [3.63, 3.8) is 0 Å². The average molecular weight is 223 g/mol. The van der Waals surface area contributed by atoms with Crippen molar-refractivity contribution < 1.29 is 4.79 Å². The van der Waals surface area contributed by atoms with Gasteiger partial charge in [-0.2, -0.15) is 0 Å². The fraction of sp³-hybridized carbons (Fsp3) is 0.455. The molecule has 1 atom stereocenters. The Labute approximate surface area is 94.5 Å². The van der Waals surface area contributed by atoms with E-state index in [0.717, 1.165) is 0 Å². The summed E-state index contributed by atoms with van der Waals surface area (Å²) in [6, 6.07) is 3.12. The minimum Gasteiger partial charge on any atom is -0.350 e. The summed E-state index contributed by atoms with van der Waals surface area (Å²) in [4.78, 5) is 27.1. The van der Waals surface area contributed by atoms with E-state index >= 15 is 0 Å². The van der Waals surface area contributed by atoms with E-state index in [0.29, 0.717) is 12.1 Å². The second kappa shape index (κ2) is 5.46. The Kier molecular flexibility index (Phi) is 4.25. The van der Waals surface area contributed by atoms with Crippen LogP contribution in [-0.4, -0.2) is 42.5 Å². The Morgan fingerprint density at radius 1 is 1.56 bits per heavy atom. The number of rotatable bonds is 4. The molecule has 5 nitrogen and oxygen atoms in total. The Hall–Kier alpha value is -1.62. The molecule has 0 saturated heterocycles. The number of aromatic amines is 1. The van der Waals surface area contributed by atoms with Crippen LogP contribution in [0.2, 0.25) is 0 Å². The molecule has 5 heteroatoms. The maximum Gasteiger partial charge on any atom is 0.251 e. The molecule has 1 amide bonds. The fourth-order valence-corrected chi connectivity index (χ4v) is 1.11. The summed E-state index contributed by atoms with van der Waals surface area (Å²) in [6.07, 6.45) is 1.46. The molecule has 0 radical (unpaired) electrons. The second-order valence-electron chi connectivity index (χ2n) is 3.96. The minimum absolute atomic E-state index is 0.222. The van der Waals surface area contributed by atoms with Crippen molar-refractivity contribution in [1.29, 1.82) is 0 Å². The topological polar surface area (TPSA) is 65.2 Å². The van der Waals surface area contributed by atoms with Gasteiger partial charge < -0.3 is 15.2 Å². The Morgan fingerprint density at radius 3 is 2.81 bits per heavy atom. The number of nitrogens with zero attached hydrogens (tertiary/aromatic N) is 1. The number of carbonyl (C=O) groups is 1. The van der Waals surface area contributed by atoms with E-state index in [-0.39, 0.29) is 17.5 Å². The summed E-state index contributed by atoms with van der Waals surface area (Å²) in [5.74, 6) is -0.222. The van der Waals surface area contributed by atoms with Crippen LogP contribution >= 0.6 is 0 Å². The molecule has 0 spiro atoms. The zero-order valence-corrected chi connectivity index (χ0v) is 9.78. The highest BCUT2D eigenvalue weighted by molar-refractivity contribution is 5.93. The van der Waals surface area contributed by atoms with Gasteiger partial charge in [-0.25, -0.2) is 0 Å². The number of hydrogen-bond donors (Lipinski definition) is 2. The molecule has 88 valence electrons. The quantitative estimate of drug-likeness (QED) is 0.758. The smallest absolute Gasteiger partial charge is 0.251 e. The van der Waals surface area contributed by atoms with Gasteiger partial charge in [0.1, 0.15) is 0 Å². The highest BCUT2D eigenvalue weighted by Crippen LogP contribution is 1.94. The lowest BCUT2D eigenvalue weighted by Crippen LogP contribution is -2.38. The summed E-state index contributed by atoms with van der Waals surface area (Å²) in [5.41, 5.74) is 0.114. The van der Waals surface area contributed by atoms with Crippen LogP contribution in [0.15, 0.2) is 23.1 Å². The van der Waals surface area contributed by atoms with Crippen molar-refractivity contribution in [2.45, 2.75) is 13.0 Å². The molecular weight excluding hydrogens is 206 g/mol. The fourth-order valence-electron chi connectivity index (χ4n) is 1.11. The molecule has 1 aromatic heterocycles. The van der Waals surface area contributed by atoms with Gasteiger partial charge in [-0.15, -0.1) is 0 Å². The zero-order valence-electron chi connectivity index (χ0n) is 9.78. The van der Waals surface area contributed by atoms with Gasteiger partial charge in [0.05, 0.1) is 0 Å². The predicted octanol–water partition coefficient (Wildman–Crippen LogP) is 0.0548. The van der Waals surface area contributed by atoms with Crippen LogP contribution in [0.1, 0.15) is 17.3 Å². The lowest BCUT2D eigenvalue weighted by atomic mass is 10.2. The van der Waals surface area contributed by atoms with E-state index in [1.807, 2.05) is 25.9 Å². The summed E-state index contributed by atoms with van der Waals surface area (Å²) >= 11 is 0. The van der Waals surface area contributed by atoms with Gasteiger partial charge in [-0.05, 0) is 27.1 Å². The molecule has 2 N–H and O–H groups in total. The van der Waals surface area contributed by atoms with E-state index in [1.54, 1.807) is 6.07 Å². The van der Waals surface area contributed by atoms with E-state index in [4.69, 9.17) is 0 Å². The molecule has 1 heterocycles. The molecule has 0 fully saturated rings. The van der Waals surface area contributed by atoms with Crippen molar-refractivity contribution in [1.82, 2.24) is 15.2 Å². The number of nitrogens with one attached hydrogen (secondary N) is 2. The van der Waals surface area contributed by atoms with E-state index in [9.17, 15) is 9.59 Å². The standard InChI is InChI=1S/C11H17N3O2/c1-8(14(2)3)7-13-11(16)9-4-5-12-10(15)6-9/h4-6,8H,7H2,1-3H3,(H,12,15)(H,13,16). The first kappa shape index (κ1) is 12.4. The maximum absolute atomic E-state index is 11.6. The number of pyridine rings is 1. The lowest BCUT2D eigenvalue weighted by Gasteiger charge is -2.19. The van der Waals surface area contributed by atoms with Gasteiger partial charge in [0.15, 0.2) is 0 Å². The van der Waals surface area contributed by atoms with Gasteiger partial charge >= 0.3 is 0 Å². The van der Waals surface area contributed by atoms with Crippen LogP contribution in [0.5, 0.6) is 0 Å². The molecule has 0 aromatic carbocycles. The second-order valence-corrected chi connectivity index (χ2v) is 3.96. The molecule has 0 bridgehead atoms. The van der Waals surface area contributed by atoms with Crippen LogP contribution in [0.4, 0.5) is 0 Å². The maximum atomic E-state index is 11.6. The minimum atomic E-state index is -0.270. The Bertz CT molecular complexity index is 412. The number of H-pyrrole nitrogens is 1. The molecule has 1 aromatic rings. The van der Waals surface area contributed by atoms with Gasteiger partial charge in [-0.3, -0.25) is 9.59 Å². The largest absolute Gasteiger partial charge is 0.350 e. The van der Waals surface area contributed by atoms with Crippen LogP contribution in [-0.2, 0) is 0 Å². The van der Waals surface area contributed by atoms with Gasteiger partial charge in [0.2, 0.25) is 5.56 Å². The zero-order chi connectivity index (χ0) is 12.1. The van der Waals surface area contributed by atoms with Crippen molar-refractivity contribution in [2.24, 2.45) is 0 Å². The third kappa shape index (κ3) is 3.51. The first-order valence-corrected chi connectivity index (χ1v) is 5.14. The van der Waals surface area contributed by atoms with Crippen LogP contribution < -0.4 is 10.9 Å². The molecule has 1 rings (SSSR count). The third-order valence-electron chi connectivity index (χ3n) is 2.48. The molecule has 0 saturated carbocycles. The molecule has 0 aliphatic carbocycles. The van der Waals surface area contributed by atoms with E-state index < -0.39 is 0 Å². The number of carbonyl (C=O) groups excluding carboxylic acids is 1. The SMILES string of the molecule is CC(CNC(=O)c1cc[nH]c(=O)c1)N(C)C. The van der Waals surface area contributed by atoms with Crippen molar-refractivity contribution in [3.8, 4) is 0 Å². The number of hydrogen-bond acceptors (Lipinski definition) is 3. The molecule has 16 heavy (non-hydrogen) atoms. The number of aromatic nitrogens is 1. The predicted molar refractivity (Wildman–Crippen MR) is 62.5 cm³/mol. The van der Waals surface area contributed by atoms with Crippen molar-refractivity contribution in [2.75, 3.05) is 20.6 Å². The average Bonchev–Trinajstić information content (AvgIpc) is 2.25. The van der Waals surface area contributed by atoms with Gasteiger partial charge in [0.25, 0.3) is 5.91 Å². The highest BCUT2D eigenvalue weighted by atomic mass is 16.2. The normalized spacial score (nSPS) is 12.5. The van der Waals surface area contributed by atoms with Crippen LogP contribution in [0, 0.1) is 0 Å². The van der Waals surface area contributed by atoms with Crippen molar-refractivity contribution >= 4 is 5.91 Å². The monoisotopic (exact) mass is 223 g/mol. The summed E-state index contributed by atoms with van der Waals surface area (Å²) < 4.78 is 0. The van der Waals surface area contributed by atoms with Crippen LogP contribution in [0.25, 0.3) is 0 Å². The van der Waals surface area contributed by atoms with E-state index in [1.165, 1.54) is 12.3 Å². The summed E-state index contributed by atoms with van der Waals surface area (Å²) in [6.45, 7) is 2.57. The van der Waals surface area contributed by atoms with Gasteiger partial charge in [0, 0.05) is 30.4 Å². The van der Waals surface area contributed by atoms with Crippen molar-refractivity contribution in [3.05, 3.63) is 34.2 Å². The summed E-state index contributed by atoms with van der Waals surface area (Å²) in [5, 5.41) is 2.77. The first-order chi connectivity index (χ1) is 7.50. The highest BCUT2D eigenvalue weighted by Gasteiger charge is 2.09. The Balaban J connectivity index is 2.57. The first-order valence-electron chi connectivity index (χ1n) is 5.14. The molecular formula is C11H17N3O2. The number of likely N-dealkylation sites (N-methyl/N-ethyl adjacent to an activating group) is 1. The number of amides is 1. The molecule has 0 aliphatic heterocycles. The molecule has 0 aliphatic rings. The Morgan fingerprint density at radius 2 is 2.25 bits per heavy atom. The molecule has 1 unspecified atom stereocenters. The lowest BCUT2D eigenvalue weighted by molar-refractivity contribution is 0.0943. The van der Waals surface area contributed by atoms with Gasteiger partial charge in [-0.1, -0.05) is 0 Å². The van der Waals surface area contributed by atoms with Crippen LogP contribution in [0.3, 0.4) is 0 Å². The van der Waals surface area contributed by atoms with E-state index in [2.05, 4.69) is 10.3 Å². The third-order valence-corrected chi connectivity index (χ3v) is 2.48.